The van der Waals surface area contributed by atoms with Gasteiger partial charge in [-0.2, -0.15) is 9.37 Å². The van der Waals surface area contributed by atoms with Gasteiger partial charge in [-0.1, -0.05) is 30.3 Å². The fourth-order valence-corrected chi connectivity index (χ4v) is 1.80. The highest BCUT2D eigenvalue weighted by atomic mass is 19.1. The molecule has 0 radical (unpaired) electrons. The summed E-state index contributed by atoms with van der Waals surface area (Å²) < 4.78 is 14.7. The molecule has 0 unspecified atom stereocenters. The molecule has 0 amide bonds. The molecule has 6 heteroatoms. The predicted molar refractivity (Wildman–Crippen MR) is 63.7 cm³/mol. The molecule has 0 fully saturated rings. The third kappa shape index (κ3) is 1.67. The maximum absolute atomic E-state index is 13.7. The number of halogens is 1. The molecule has 0 saturated carbocycles. The Hall–Kier alpha value is -2.50. The molecule has 0 aliphatic rings. The number of fused-ring (bicyclic) bond motifs is 1. The Morgan fingerprint density at radius 2 is 2.06 bits per heavy atom. The van der Waals surface area contributed by atoms with Crippen LogP contribution in [0.3, 0.4) is 0 Å². The molecule has 90 valence electrons. The van der Waals surface area contributed by atoms with Crippen LogP contribution in [-0.4, -0.2) is 19.5 Å². The summed E-state index contributed by atoms with van der Waals surface area (Å²) in [4.78, 5) is 22.1. The Labute approximate surface area is 101 Å². The molecule has 0 atom stereocenters. The monoisotopic (exact) mass is 244 g/mol. The van der Waals surface area contributed by atoms with Crippen LogP contribution in [-0.2, 0) is 6.54 Å². The summed E-state index contributed by atoms with van der Waals surface area (Å²) in [5.41, 5.74) is 0.687. The van der Waals surface area contributed by atoms with Crippen LogP contribution >= 0.6 is 0 Å². The van der Waals surface area contributed by atoms with Crippen LogP contribution in [0.25, 0.3) is 11.2 Å². The number of nitrogens with zero attached hydrogens (tertiary/aromatic N) is 3. The molecule has 0 aliphatic heterocycles. The van der Waals surface area contributed by atoms with E-state index in [2.05, 4.69) is 15.0 Å². The Bertz CT molecular complexity index is 748. The maximum Gasteiger partial charge on any atom is 0.294 e. The predicted octanol–water partition coefficient (Wildman–Crippen LogP) is 1.31. The lowest BCUT2D eigenvalue weighted by Gasteiger charge is -2.06. The average molecular weight is 244 g/mol. The van der Waals surface area contributed by atoms with E-state index in [-0.39, 0.29) is 17.7 Å². The van der Waals surface area contributed by atoms with Gasteiger partial charge < -0.3 is 4.98 Å². The second-order valence-corrected chi connectivity index (χ2v) is 3.86. The third-order valence-corrected chi connectivity index (χ3v) is 2.68. The van der Waals surface area contributed by atoms with Crippen LogP contribution in [0.2, 0.25) is 0 Å². The van der Waals surface area contributed by atoms with Gasteiger partial charge in [0, 0.05) is 0 Å². The number of rotatable bonds is 2. The molecule has 2 heterocycles. The highest BCUT2D eigenvalue weighted by Gasteiger charge is 2.12. The van der Waals surface area contributed by atoms with Gasteiger partial charge in [0.15, 0.2) is 11.2 Å². The maximum atomic E-state index is 13.7. The molecular formula is C12H9FN4O. The van der Waals surface area contributed by atoms with E-state index >= 15 is 0 Å². The topological polar surface area (TPSA) is 63.6 Å². The van der Waals surface area contributed by atoms with Gasteiger partial charge in [-0.05, 0) is 5.56 Å². The van der Waals surface area contributed by atoms with E-state index in [1.165, 1.54) is 6.33 Å². The smallest absolute Gasteiger partial charge is 0.294 e. The molecule has 5 nitrogen and oxygen atoms in total. The quantitative estimate of drug-likeness (QED) is 0.691. The summed E-state index contributed by atoms with van der Waals surface area (Å²) in [6, 6.07) is 9.17. The molecular weight excluding hydrogens is 235 g/mol. The largest absolute Gasteiger partial charge is 0.339 e. The summed E-state index contributed by atoms with van der Waals surface area (Å²) in [5.74, 6) is 0. The summed E-state index contributed by atoms with van der Waals surface area (Å²) in [6.07, 6.45) is 0.495. The molecule has 18 heavy (non-hydrogen) atoms. The molecule has 0 aliphatic carbocycles. The summed E-state index contributed by atoms with van der Waals surface area (Å²) >= 11 is 0. The molecule has 0 spiro atoms. The lowest BCUT2D eigenvalue weighted by molar-refractivity contribution is 0.463. The zero-order valence-corrected chi connectivity index (χ0v) is 9.30. The van der Waals surface area contributed by atoms with Crippen molar-refractivity contribution in [3.8, 4) is 0 Å². The van der Waals surface area contributed by atoms with Crippen LogP contribution in [0.4, 0.5) is 4.39 Å². The highest BCUT2D eigenvalue weighted by Crippen LogP contribution is 2.05. The van der Waals surface area contributed by atoms with Crippen molar-refractivity contribution in [3.05, 3.63) is 58.7 Å². The third-order valence-electron chi connectivity index (χ3n) is 2.68. The summed E-state index contributed by atoms with van der Waals surface area (Å²) in [5, 5.41) is 0. The fourth-order valence-electron chi connectivity index (χ4n) is 1.80. The first-order chi connectivity index (χ1) is 8.75. The molecule has 2 aromatic heterocycles. The second-order valence-electron chi connectivity index (χ2n) is 3.86. The van der Waals surface area contributed by atoms with Crippen molar-refractivity contribution in [2.24, 2.45) is 0 Å². The van der Waals surface area contributed by atoms with Gasteiger partial charge in [-0.3, -0.25) is 9.36 Å². The minimum atomic E-state index is -0.830. The standard InChI is InChI=1S/C12H9FN4O/c13-12-16-10-9(14-7-15-10)11(18)17(12)6-8-4-2-1-3-5-8/h1-5,7H,6H2,(H,14,15). The van der Waals surface area contributed by atoms with E-state index in [1.807, 2.05) is 30.3 Å². The van der Waals surface area contributed by atoms with Gasteiger partial charge in [0.05, 0.1) is 12.9 Å². The van der Waals surface area contributed by atoms with E-state index in [4.69, 9.17) is 0 Å². The lowest BCUT2D eigenvalue weighted by Crippen LogP contribution is -2.25. The second kappa shape index (κ2) is 4.06. The van der Waals surface area contributed by atoms with Crippen molar-refractivity contribution < 1.29 is 4.39 Å². The normalized spacial score (nSPS) is 10.9. The number of nitrogens with one attached hydrogen (secondary N) is 1. The lowest BCUT2D eigenvalue weighted by atomic mass is 10.2. The first-order valence-electron chi connectivity index (χ1n) is 5.39. The summed E-state index contributed by atoms with van der Waals surface area (Å²) in [6.45, 7) is 0.146. The Morgan fingerprint density at radius 1 is 1.28 bits per heavy atom. The van der Waals surface area contributed by atoms with Gasteiger partial charge in [-0.15, -0.1) is 0 Å². The van der Waals surface area contributed by atoms with Crippen LogP contribution in [0.5, 0.6) is 0 Å². The van der Waals surface area contributed by atoms with Crippen molar-refractivity contribution in [1.82, 2.24) is 19.5 Å². The van der Waals surface area contributed by atoms with E-state index < -0.39 is 11.6 Å². The molecule has 3 aromatic rings. The molecule has 0 saturated heterocycles. The van der Waals surface area contributed by atoms with Crippen molar-refractivity contribution in [1.29, 1.82) is 0 Å². The van der Waals surface area contributed by atoms with Crippen molar-refractivity contribution in [2.45, 2.75) is 6.54 Å². The number of benzene rings is 1. The van der Waals surface area contributed by atoms with Crippen LogP contribution in [0, 0.1) is 6.08 Å². The van der Waals surface area contributed by atoms with E-state index in [0.717, 1.165) is 10.1 Å². The SMILES string of the molecule is O=c1c2[nH]cnc2nc(F)n1Cc1ccccc1. The van der Waals surface area contributed by atoms with E-state index in [0.29, 0.717) is 0 Å². The van der Waals surface area contributed by atoms with E-state index in [1.54, 1.807) is 0 Å². The first kappa shape index (κ1) is 10.6. The Balaban J connectivity index is 2.14. The molecule has 0 bridgehead atoms. The minimum absolute atomic E-state index is 0.0989. The fraction of sp³-hybridized carbons (Fsp3) is 0.0833. The van der Waals surface area contributed by atoms with Crippen LogP contribution < -0.4 is 5.56 Å². The molecule has 1 aromatic carbocycles. The number of aromatic nitrogens is 4. The molecule has 3 rings (SSSR count). The zero-order chi connectivity index (χ0) is 12.5. The van der Waals surface area contributed by atoms with Gasteiger partial charge in [0.1, 0.15) is 0 Å². The Morgan fingerprint density at radius 3 is 2.83 bits per heavy atom. The first-order valence-corrected chi connectivity index (χ1v) is 5.39. The average Bonchev–Trinajstić information content (AvgIpc) is 2.84. The van der Waals surface area contributed by atoms with Crippen LogP contribution in [0.1, 0.15) is 5.56 Å². The van der Waals surface area contributed by atoms with Crippen molar-refractivity contribution in [3.63, 3.8) is 0 Å². The van der Waals surface area contributed by atoms with Crippen LogP contribution in [0.15, 0.2) is 41.5 Å². The number of hydrogen-bond acceptors (Lipinski definition) is 3. The van der Waals surface area contributed by atoms with Crippen molar-refractivity contribution >= 4 is 11.2 Å². The summed E-state index contributed by atoms with van der Waals surface area (Å²) in [7, 11) is 0. The Kier molecular flexibility index (Phi) is 2.40. The van der Waals surface area contributed by atoms with Crippen molar-refractivity contribution in [2.75, 3.05) is 0 Å². The molecule has 1 N–H and O–H groups in total. The minimum Gasteiger partial charge on any atom is -0.339 e. The number of aromatic amines is 1. The highest BCUT2D eigenvalue weighted by molar-refractivity contribution is 5.67. The number of imidazole rings is 1. The number of H-pyrrole nitrogens is 1. The van der Waals surface area contributed by atoms with E-state index in [9.17, 15) is 9.18 Å². The zero-order valence-electron chi connectivity index (χ0n) is 9.30. The van der Waals surface area contributed by atoms with Gasteiger partial charge in [-0.25, -0.2) is 4.98 Å². The number of hydrogen-bond donors (Lipinski definition) is 1. The van der Waals surface area contributed by atoms with Gasteiger partial charge in [0.25, 0.3) is 11.6 Å². The van der Waals surface area contributed by atoms with Gasteiger partial charge in [0.2, 0.25) is 0 Å². The van der Waals surface area contributed by atoms with Gasteiger partial charge >= 0.3 is 0 Å².